The summed E-state index contributed by atoms with van der Waals surface area (Å²) in [6, 6.07) is 24.6. The Bertz CT molecular complexity index is 2740. The molecule has 3 fully saturated rings. The second kappa shape index (κ2) is 20.8. The van der Waals surface area contributed by atoms with Gasteiger partial charge >= 0.3 is 0 Å². The van der Waals surface area contributed by atoms with Crippen LogP contribution in [0.15, 0.2) is 121 Å². The van der Waals surface area contributed by atoms with Gasteiger partial charge in [0.2, 0.25) is 10.0 Å². The molecule has 1 aromatic heterocycles. The molecular weight excluding hydrogens is 919 g/mol. The summed E-state index contributed by atoms with van der Waals surface area (Å²) in [4.78, 5) is 36.5. The third kappa shape index (κ3) is 10.3. The molecule has 5 heterocycles. The van der Waals surface area contributed by atoms with Crippen molar-refractivity contribution in [3.8, 4) is 5.75 Å². The largest absolute Gasteiger partial charge is 0.495 e. The van der Waals surface area contributed by atoms with E-state index in [0.717, 1.165) is 106 Å². The summed E-state index contributed by atoms with van der Waals surface area (Å²) in [7, 11) is -2.75. The maximum Gasteiger partial charge on any atom is 0.273 e. The smallest absolute Gasteiger partial charge is 0.273 e. The minimum atomic E-state index is -4.04. The Kier molecular flexibility index (Phi) is 14.9. The maximum absolute atomic E-state index is 14.3. The number of rotatable bonds is 12. The highest BCUT2D eigenvalue weighted by atomic mass is 35.5. The normalized spacial score (nSPS) is 19.6. The lowest BCUT2D eigenvalue weighted by molar-refractivity contribution is -0.385. The van der Waals surface area contributed by atoms with E-state index in [1.165, 1.54) is 40.6 Å². The molecule has 68 heavy (non-hydrogen) atoms. The minimum Gasteiger partial charge on any atom is -0.495 e. The van der Waals surface area contributed by atoms with Crippen molar-refractivity contribution in [2.24, 2.45) is 5.92 Å². The van der Waals surface area contributed by atoms with Crippen LogP contribution >= 0.6 is 11.6 Å². The molecule has 3 saturated heterocycles. The van der Waals surface area contributed by atoms with E-state index >= 15 is 0 Å². The van der Waals surface area contributed by atoms with Gasteiger partial charge in [0.15, 0.2) is 0 Å². The molecule has 2 atom stereocenters. The van der Waals surface area contributed by atoms with Crippen molar-refractivity contribution < 1.29 is 36.0 Å². The van der Waals surface area contributed by atoms with Crippen molar-refractivity contribution in [1.29, 1.82) is 0 Å². The number of pyridine rings is 1. The highest BCUT2D eigenvalue weighted by molar-refractivity contribution is 7.89. The Morgan fingerprint density at radius 1 is 0.912 bits per heavy atom. The monoisotopic (exact) mass is 971 g/mol. The SMILES string of the molecule is C=CCCN1CCC2(CC1)CN(C(=O)c1c(F)cccc1F)c1ccc(Cl)cc12.COc1cc([N+](=O)[O-])ccc1S(=O)(=O)N1CC(CN2CCN(c3ccccn3)CC2)C(c2cccc(F)c2)C1. The van der Waals surface area contributed by atoms with Gasteiger partial charge in [0, 0.05) is 93.2 Å². The number of benzene rings is 4. The summed E-state index contributed by atoms with van der Waals surface area (Å²) in [6.45, 7) is 11.2. The molecule has 13 nitrogen and oxygen atoms in total. The molecule has 9 rings (SSSR count). The van der Waals surface area contributed by atoms with Crippen LogP contribution in [0.1, 0.15) is 46.7 Å². The van der Waals surface area contributed by atoms with Gasteiger partial charge in [-0.1, -0.05) is 41.9 Å². The number of carbonyl (C=O) groups is 1. The van der Waals surface area contributed by atoms with Gasteiger partial charge in [-0.15, -0.1) is 6.58 Å². The van der Waals surface area contributed by atoms with Crippen molar-refractivity contribution >= 4 is 44.7 Å². The minimum absolute atomic E-state index is 0.0768. The van der Waals surface area contributed by atoms with E-state index in [1.807, 2.05) is 36.4 Å². The molecule has 0 saturated carbocycles. The fourth-order valence-electron chi connectivity index (χ4n) is 10.0. The zero-order chi connectivity index (χ0) is 48.2. The first kappa shape index (κ1) is 48.6. The molecule has 4 aliphatic heterocycles. The first-order valence-corrected chi connectivity index (χ1v) is 24.4. The van der Waals surface area contributed by atoms with E-state index in [1.54, 1.807) is 24.4 Å². The van der Waals surface area contributed by atoms with E-state index in [-0.39, 0.29) is 52.5 Å². The van der Waals surface area contributed by atoms with Crippen LogP contribution in [-0.2, 0) is 15.4 Å². The number of nitrogens with zero attached hydrogens (tertiary/aromatic N) is 7. The number of hydrogen-bond acceptors (Lipinski definition) is 10. The lowest BCUT2D eigenvalue weighted by atomic mass is 9.74. The van der Waals surface area contributed by atoms with Gasteiger partial charge in [0.1, 0.15) is 39.5 Å². The van der Waals surface area contributed by atoms with Gasteiger partial charge in [-0.25, -0.2) is 26.6 Å². The van der Waals surface area contributed by atoms with Gasteiger partial charge in [0.25, 0.3) is 11.6 Å². The quantitative estimate of drug-likeness (QED) is 0.0681. The van der Waals surface area contributed by atoms with Crippen LogP contribution in [0.25, 0.3) is 0 Å². The summed E-state index contributed by atoms with van der Waals surface area (Å²) >= 11 is 6.27. The number of methoxy groups -OCH3 is 1. The van der Waals surface area contributed by atoms with E-state index in [4.69, 9.17) is 16.3 Å². The van der Waals surface area contributed by atoms with Crippen LogP contribution in [0.3, 0.4) is 0 Å². The topological polar surface area (TPSA) is 133 Å². The number of non-ortho nitro benzene ring substituents is 1. The van der Waals surface area contributed by atoms with Crippen molar-refractivity contribution in [1.82, 2.24) is 19.1 Å². The summed E-state index contributed by atoms with van der Waals surface area (Å²) < 4.78 is 76.9. The summed E-state index contributed by atoms with van der Waals surface area (Å²) in [5.41, 5.74) is 1.43. The van der Waals surface area contributed by atoms with Crippen LogP contribution in [0.2, 0.25) is 5.02 Å². The number of carbonyl (C=O) groups excluding carboxylic acids is 1. The molecule has 5 aromatic rings. The van der Waals surface area contributed by atoms with Gasteiger partial charge in [-0.3, -0.25) is 19.8 Å². The average Bonchev–Trinajstić information content (AvgIpc) is 3.91. The number of ether oxygens (including phenoxy) is 1. The van der Waals surface area contributed by atoms with Crippen molar-refractivity contribution in [3.05, 3.63) is 165 Å². The number of amides is 1. The van der Waals surface area contributed by atoms with Crippen LogP contribution in [0, 0.1) is 33.5 Å². The van der Waals surface area contributed by atoms with Gasteiger partial charge < -0.3 is 19.4 Å². The molecule has 0 bridgehead atoms. The Morgan fingerprint density at radius 2 is 1.65 bits per heavy atom. The number of halogens is 4. The van der Waals surface area contributed by atoms with Gasteiger partial charge in [-0.05, 0) is 110 Å². The number of nitro benzene ring substituents is 1. The maximum atomic E-state index is 14.3. The van der Waals surface area contributed by atoms with Crippen molar-refractivity contribution in [2.45, 2.75) is 35.5 Å². The molecule has 1 amide bonds. The third-order valence-corrected chi connectivity index (χ3v) is 15.8. The van der Waals surface area contributed by atoms with Crippen molar-refractivity contribution in [2.75, 3.05) is 88.9 Å². The fraction of sp³-hybridized carbons (Fsp3) is 0.360. The lowest BCUT2D eigenvalue weighted by Gasteiger charge is -2.39. The molecule has 1 spiro atoms. The molecule has 0 aliphatic carbocycles. The molecule has 0 N–H and O–H groups in total. The Hall–Kier alpha value is -5.85. The highest BCUT2D eigenvalue weighted by Crippen LogP contribution is 2.49. The highest BCUT2D eigenvalue weighted by Gasteiger charge is 2.47. The number of anilines is 2. The molecular formula is C50H53ClF3N7O6S. The number of sulfonamides is 1. The predicted octanol–water partition coefficient (Wildman–Crippen LogP) is 8.55. The number of nitro groups is 1. The zero-order valence-electron chi connectivity index (χ0n) is 37.7. The first-order chi connectivity index (χ1) is 32.7. The number of piperidine rings is 1. The fourth-order valence-corrected chi connectivity index (χ4v) is 11.9. The molecule has 18 heteroatoms. The number of hydrogen-bond donors (Lipinski definition) is 0. The Morgan fingerprint density at radius 3 is 2.31 bits per heavy atom. The van der Waals surface area contributed by atoms with E-state index < -0.39 is 38.1 Å². The van der Waals surface area contributed by atoms with Crippen LogP contribution in [-0.4, -0.2) is 117 Å². The zero-order valence-corrected chi connectivity index (χ0v) is 39.2. The molecule has 4 aliphatic rings. The molecule has 4 aromatic carbocycles. The number of aromatic nitrogens is 1. The van der Waals surface area contributed by atoms with Gasteiger partial charge in [0.05, 0.1) is 18.1 Å². The van der Waals surface area contributed by atoms with Crippen molar-refractivity contribution in [3.63, 3.8) is 0 Å². The standard InChI is InChI=1S/C27H30FN5O5S.C23H23ClF2N2O/c1-38-25-16-23(33(34)35)8-9-26(25)39(36,37)32-18-21(24(19-32)20-5-4-6-22(28)15-20)17-30-11-13-31(14-12-30)27-7-2-3-10-29-27;1-2-3-11-27-12-9-23(10-13-27)15-28(20-8-7-16(24)14-17(20)23)22(29)21-18(25)5-4-6-19(21)26/h2-10,15-16,21,24H,11-14,17-19H2,1H3;2,4-8,14H,1,3,9-13,15H2. The second-order valence-electron chi connectivity index (χ2n) is 17.7. The lowest BCUT2D eigenvalue weighted by Crippen LogP contribution is -2.48. The van der Waals surface area contributed by atoms with E-state index in [0.29, 0.717) is 23.8 Å². The molecule has 2 unspecified atom stereocenters. The summed E-state index contributed by atoms with van der Waals surface area (Å²) in [5, 5.41) is 11.8. The summed E-state index contributed by atoms with van der Waals surface area (Å²) in [5.74, 6) is -2.13. The predicted molar refractivity (Wildman–Crippen MR) is 256 cm³/mol. The first-order valence-electron chi connectivity index (χ1n) is 22.6. The Labute approximate surface area is 399 Å². The van der Waals surface area contributed by atoms with E-state index in [2.05, 4.69) is 26.3 Å². The molecule has 358 valence electrons. The number of fused-ring (bicyclic) bond motifs is 2. The van der Waals surface area contributed by atoms with Crippen LogP contribution < -0.4 is 14.5 Å². The van der Waals surface area contributed by atoms with Crippen LogP contribution in [0.4, 0.5) is 30.4 Å². The van der Waals surface area contributed by atoms with Gasteiger partial charge in [-0.2, -0.15) is 4.31 Å². The average molecular weight is 973 g/mol. The second-order valence-corrected chi connectivity index (χ2v) is 20.0. The molecule has 0 radical (unpaired) electrons. The number of piperazine rings is 1. The van der Waals surface area contributed by atoms with E-state index in [9.17, 15) is 36.5 Å². The summed E-state index contributed by atoms with van der Waals surface area (Å²) in [6.07, 6.45) is 6.35. The van der Waals surface area contributed by atoms with Crippen LogP contribution in [0.5, 0.6) is 5.75 Å². The third-order valence-electron chi connectivity index (χ3n) is 13.7. The Balaban J connectivity index is 0.000000192. The number of likely N-dealkylation sites (tertiary alicyclic amines) is 1.